The Morgan fingerprint density at radius 3 is 3.00 bits per heavy atom. The number of nitrogens with zero attached hydrogens (tertiary/aromatic N) is 1. The second kappa shape index (κ2) is 5.44. The molecule has 4 heteroatoms. The van der Waals surface area contributed by atoms with Gasteiger partial charge in [0.1, 0.15) is 5.75 Å². The molecule has 1 amide bonds. The minimum absolute atomic E-state index is 0.100. The van der Waals surface area contributed by atoms with Crippen LogP contribution in [0.15, 0.2) is 30.9 Å². The maximum Gasteiger partial charge on any atom is 0.227 e. The minimum atomic E-state index is 0.100. The molecule has 1 aromatic carbocycles. The Morgan fingerprint density at radius 2 is 2.39 bits per heavy atom. The molecular weight excluding hydrogens is 250 g/mol. The quantitative estimate of drug-likeness (QED) is 0.782. The lowest BCUT2D eigenvalue weighted by Crippen LogP contribution is -2.25. The van der Waals surface area contributed by atoms with Crippen molar-refractivity contribution in [3.8, 4) is 5.75 Å². The molecule has 96 valence electrons. The lowest BCUT2D eigenvalue weighted by Gasteiger charge is -2.20. The Bertz CT molecular complexity index is 473. The van der Waals surface area contributed by atoms with E-state index in [2.05, 4.69) is 6.58 Å². The Balaban J connectivity index is 2.32. The number of halogens is 1. The van der Waals surface area contributed by atoms with Crippen LogP contribution in [0.3, 0.4) is 0 Å². The predicted octanol–water partition coefficient (Wildman–Crippen LogP) is 3.28. The van der Waals surface area contributed by atoms with E-state index in [0.29, 0.717) is 30.3 Å². The fourth-order valence-corrected chi connectivity index (χ4v) is 2.27. The molecule has 1 heterocycles. The van der Waals surface area contributed by atoms with Gasteiger partial charge in [0.15, 0.2) is 0 Å². The maximum absolute atomic E-state index is 12.0. The van der Waals surface area contributed by atoms with Crippen LogP contribution < -0.4 is 9.64 Å². The summed E-state index contributed by atoms with van der Waals surface area (Å²) in [4.78, 5) is 13.7. The Labute approximate surface area is 112 Å². The van der Waals surface area contributed by atoms with Gasteiger partial charge in [-0.1, -0.05) is 17.7 Å². The van der Waals surface area contributed by atoms with E-state index in [1.165, 1.54) is 0 Å². The second-order valence-electron chi connectivity index (χ2n) is 4.25. The molecule has 1 aromatic rings. The van der Waals surface area contributed by atoms with E-state index in [1.807, 2.05) is 19.1 Å². The molecule has 0 bridgehead atoms. The van der Waals surface area contributed by atoms with Crippen LogP contribution in [0.5, 0.6) is 5.75 Å². The van der Waals surface area contributed by atoms with E-state index in [0.717, 1.165) is 5.69 Å². The largest absolute Gasteiger partial charge is 0.492 e. The number of carbonyl (C=O) groups excluding carboxylic acids is 1. The Kier molecular flexibility index (Phi) is 3.92. The van der Waals surface area contributed by atoms with Crippen molar-refractivity contribution >= 4 is 23.2 Å². The van der Waals surface area contributed by atoms with Crippen molar-refractivity contribution in [2.45, 2.75) is 13.3 Å². The molecular formula is C14H16ClNO2. The summed E-state index contributed by atoms with van der Waals surface area (Å²) in [6.45, 7) is 6.85. The van der Waals surface area contributed by atoms with Gasteiger partial charge in [-0.25, -0.2) is 0 Å². The number of carbonyl (C=O) groups is 1. The van der Waals surface area contributed by atoms with E-state index in [4.69, 9.17) is 16.3 Å². The van der Waals surface area contributed by atoms with Crippen LogP contribution in [0.2, 0.25) is 5.02 Å². The summed E-state index contributed by atoms with van der Waals surface area (Å²) in [5, 5.41) is 0.606. The van der Waals surface area contributed by atoms with E-state index in [-0.39, 0.29) is 11.8 Å². The zero-order valence-electron chi connectivity index (χ0n) is 10.4. The smallest absolute Gasteiger partial charge is 0.227 e. The monoisotopic (exact) mass is 265 g/mol. The van der Waals surface area contributed by atoms with Crippen LogP contribution in [-0.2, 0) is 4.79 Å². The summed E-state index contributed by atoms with van der Waals surface area (Å²) >= 11 is 5.95. The molecule has 2 rings (SSSR count). The van der Waals surface area contributed by atoms with Crippen LogP contribution in [-0.4, -0.2) is 19.1 Å². The van der Waals surface area contributed by atoms with Crippen molar-refractivity contribution in [3.63, 3.8) is 0 Å². The summed E-state index contributed by atoms with van der Waals surface area (Å²) < 4.78 is 5.54. The van der Waals surface area contributed by atoms with Gasteiger partial charge in [0, 0.05) is 30.0 Å². The Hall–Kier alpha value is -1.48. The molecule has 0 spiro atoms. The summed E-state index contributed by atoms with van der Waals surface area (Å²) in [6, 6.07) is 5.35. The van der Waals surface area contributed by atoms with E-state index >= 15 is 0 Å². The highest BCUT2D eigenvalue weighted by molar-refractivity contribution is 6.30. The van der Waals surface area contributed by atoms with Crippen molar-refractivity contribution in [1.82, 2.24) is 0 Å². The van der Waals surface area contributed by atoms with Crippen LogP contribution in [0.1, 0.15) is 13.3 Å². The van der Waals surface area contributed by atoms with E-state index in [1.54, 1.807) is 17.0 Å². The highest BCUT2D eigenvalue weighted by Crippen LogP contribution is 2.35. The number of ether oxygens (including phenoxy) is 1. The maximum atomic E-state index is 12.0. The lowest BCUT2D eigenvalue weighted by atomic mass is 10.1. The van der Waals surface area contributed by atoms with Crippen LogP contribution in [0.4, 0.5) is 5.69 Å². The first kappa shape index (κ1) is 13.0. The van der Waals surface area contributed by atoms with Gasteiger partial charge < -0.3 is 9.64 Å². The fourth-order valence-electron chi connectivity index (χ4n) is 2.11. The van der Waals surface area contributed by atoms with Gasteiger partial charge in [-0.2, -0.15) is 0 Å². The highest BCUT2D eigenvalue weighted by Gasteiger charge is 2.30. The predicted molar refractivity (Wildman–Crippen MR) is 73.3 cm³/mol. The van der Waals surface area contributed by atoms with Crippen molar-refractivity contribution in [3.05, 3.63) is 35.9 Å². The molecule has 1 saturated heterocycles. The number of rotatable bonds is 4. The molecule has 1 fully saturated rings. The molecule has 0 radical (unpaired) electrons. The number of hydrogen-bond donors (Lipinski definition) is 0. The van der Waals surface area contributed by atoms with Crippen LogP contribution in [0, 0.1) is 5.92 Å². The lowest BCUT2D eigenvalue weighted by molar-refractivity contribution is -0.117. The normalized spacial score (nSPS) is 19.1. The molecule has 1 aliphatic heterocycles. The third kappa shape index (κ3) is 2.51. The van der Waals surface area contributed by atoms with Gasteiger partial charge in [0.05, 0.1) is 12.3 Å². The zero-order chi connectivity index (χ0) is 13.1. The van der Waals surface area contributed by atoms with E-state index in [9.17, 15) is 4.79 Å². The Morgan fingerprint density at radius 1 is 1.61 bits per heavy atom. The summed E-state index contributed by atoms with van der Waals surface area (Å²) in [7, 11) is 0. The standard InChI is InChI=1S/C14H16ClNO2/c1-3-10-7-14(17)16(9-10)12-6-5-11(15)8-13(12)18-4-2/h3,5-6,8,10H,1,4,7,9H2,2H3. The average Bonchev–Trinajstić information content (AvgIpc) is 2.71. The molecule has 0 aliphatic carbocycles. The van der Waals surface area contributed by atoms with Crippen molar-refractivity contribution in [2.24, 2.45) is 5.92 Å². The van der Waals surface area contributed by atoms with Gasteiger partial charge in [-0.3, -0.25) is 4.79 Å². The van der Waals surface area contributed by atoms with Gasteiger partial charge in [0.25, 0.3) is 0 Å². The summed E-state index contributed by atoms with van der Waals surface area (Å²) in [5.74, 6) is 0.967. The van der Waals surface area contributed by atoms with Crippen molar-refractivity contribution in [2.75, 3.05) is 18.1 Å². The van der Waals surface area contributed by atoms with Gasteiger partial charge in [-0.15, -0.1) is 6.58 Å². The number of amides is 1. The molecule has 1 aliphatic rings. The first-order chi connectivity index (χ1) is 8.65. The first-order valence-corrected chi connectivity index (χ1v) is 6.38. The van der Waals surface area contributed by atoms with Crippen LogP contribution >= 0.6 is 11.6 Å². The molecule has 3 nitrogen and oxygen atoms in total. The minimum Gasteiger partial charge on any atom is -0.492 e. The van der Waals surface area contributed by atoms with Crippen LogP contribution in [0.25, 0.3) is 0 Å². The fraction of sp³-hybridized carbons (Fsp3) is 0.357. The van der Waals surface area contributed by atoms with Gasteiger partial charge in [-0.05, 0) is 19.1 Å². The van der Waals surface area contributed by atoms with E-state index < -0.39 is 0 Å². The third-order valence-electron chi connectivity index (χ3n) is 3.00. The van der Waals surface area contributed by atoms with Crippen molar-refractivity contribution in [1.29, 1.82) is 0 Å². The van der Waals surface area contributed by atoms with Crippen molar-refractivity contribution < 1.29 is 9.53 Å². The number of benzene rings is 1. The number of anilines is 1. The molecule has 1 atom stereocenters. The summed E-state index contributed by atoms with van der Waals surface area (Å²) in [5.41, 5.74) is 0.788. The van der Waals surface area contributed by atoms with Gasteiger partial charge in [0.2, 0.25) is 5.91 Å². The molecule has 0 N–H and O–H groups in total. The first-order valence-electron chi connectivity index (χ1n) is 6.01. The average molecular weight is 266 g/mol. The van der Waals surface area contributed by atoms with Gasteiger partial charge >= 0.3 is 0 Å². The highest BCUT2D eigenvalue weighted by atomic mass is 35.5. The SMILES string of the molecule is C=CC1CC(=O)N(c2ccc(Cl)cc2OCC)C1. The number of hydrogen-bond acceptors (Lipinski definition) is 2. The second-order valence-corrected chi connectivity index (χ2v) is 4.69. The topological polar surface area (TPSA) is 29.5 Å². The molecule has 0 aromatic heterocycles. The summed E-state index contributed by atoms with van der Waals surface area (Å²) in [6.07, 6.45) is 2.34. The third-order valence-corrected chi connectivity index (χ3v) is 3.24. The molecule has 0 saturated carbocycles. The zero-order valence-corrected chi connectivity index (χ0v) is 11.1. The molecule has 18 heavy (non-hydrogen) atoms. The molecule has 1 unspecified atom stereocenters.